The van der Waals surface area contributed by atoms with Crippen molar-refractivity contribution in [1.29, 1.82) is 0 Å². The van der Waals surface area contributed by atoms with E-state index in [-0.39, 0.29) is 16.7 Å². The number of ether oxygens (including phenoxy) is 1. The molecule has 3 aromatic carbocycles. The minimum absolute atomic E-state index is 0.0834. The molecular formula is C24H17ClFNO4. The molecular weight excluding hydrogens is 421 g/mol. The van der Waals surface area contributed by atoms with E-state index in [1.807, 2.05) is 0 Å². The van der Waals surface area contributed by atoms with Gasteiger partial charge in [-0.3, -0.25) is 14.5 Å². The summed E-state index contributed by atoms with van der Waals surface area (Å²) in [4.78, 5) is 27.3. The minimum Gasteiger partial charge on any atom is -0.507 e. The molecule has 0 spiro atoms. The van der Waals surface area contributed by atoms with Gasteiger partial charge in [0.2, 0.25) is 0 Å². The van der Waals surface area contributed by atoms with Gasteiger partial charge in [0.1, 0.15) is 17.3 Å². The van der Waals surface area contributed by atoms with Crippen molar-refractivity contribution in [3.8, 4) is 5.75 Å². The topological polar surface area (TPSA) is 66.8 Å². The fourth-order valence-corrected chi connectivity index (χ4v) is 3.74. The number of aliphatic hydroxyl groups is 1. The van der Waals surface area contributed by atoms with E-state index in [9.17, 15) is 19.1 Å². The number of methoxy groups -OCH3 is 1. The van der Waals surface area contributed by atoms with Crippen LogP contribution in [0.5, 0.6) is 5.75 Å². The van der Waals surface area contributed by atoms with Gasteiger partial charge >= 0.3 is 0 Å². The SMILES string of the molecule is COc1cccc(N2C(=O)C(=O)/C(=C(/O)c3ccc(Cl)cc3)C2c2ccccc2F)c1. The molecule has 31 heavy (non-hydrogen) atoms. The molecule has 1 N–H and O–H groups in total. The number of aliphatic hydroxyl groups excluding tert-OH is 1. The van der Waals surface area contributed by atoms with Gasteiger partial charge in [-0.2, -0.15) is 0 Å². The third-order valence-electron chi connectivity index (χ3n) is 5.09. The molecule has 1 fully saturated rings. The van der Waals surface area contributed by atoms with Crippen LogP contribution in [0.15, 0.2) is 78.4 Å². The lowest BCUT2D eigenvalue weighted by Gasteiger charge is -2.26. The van der Waals surface area contributed by atoms with Crippen LogP contribution in [0.25, 0.3) is 5.76 Å². The first kappa shape index (κ1) is 20.6. The van der Waals surface area contributed by atoms with E-state index in [1.54, 1.807) is 42.5 Å². The second-order valence-corrected chi connectivity index (χ2v) is 7.34. The zero-order valence-electron chi connectivity index (χ0n) is 16.4. The summed E-state index contributed by atoms with van der Waals surface area (Å²) < 4.78 is 20.1. The summed E-state index contributed by atoms with van der Waals surface area (Å²) in [6.07, 6.45) is 0. The first-order chi connectivity index (χ1) is 14.9. The number of hydrogen-bond acceptors (Lipinski definition) is 4. The summed E-state index contributed by atoms with van der Waals surface area (Å²) in [7, 11) is 1.47. The number of hydrogen-bond donors (Lipinski definition) is 1. The monoisotopic (exact) mass is 437 g/mol. The van der Waals surface area contributed by atoms with Crippen LogP contribution in [0.3, 0.4) is 0 Å². The Morgan fingerprint density at radius 1 is 1.03 bits per heavy atom. The molecule has 1 heterocycles. The second-order valence-electron chi connectivity index (χ2n) is 6.90. The van der Waals surface area contributed by atoms with Crippen molar-refractivity contribution in [3.63, 3.8) is 0 Å². The Hall–Kier alpha value is -3.64. The van der Waals surface area contributed by atoms with E-state index in [4.69, 9.17) is 16.3 Å². The Balaban J connectivity index is 1.97. The number of Topliss-reactive ketones (excluding diaryl/α,β-unsaturated/α-hetero) is 1. The summed E-state index contributed by atoms with van der Waals surface area (Å²) in [5.41, 5.74) is 0.500. The van der Waals surface area contributed by atoms with Crippen molar-refractivity contribution in [2.75, 3.05) is 12.0 Å². The number of nitrogens with zero attached hydrogens (tertiary/aromatic N) is 1. The molecule has 3 aromatic rings. The zero-order valence-corrected chi connectivity index (χ0v) is 17.1. The van der Waals surface area contributed by atoms with Crippen LogP contribution in [0.1, 0.15) is 17.2 Å². The molecule has 1 atom stereocenters. The van der Waals surface area contributed by atoms with Gasteiger partial charge in [0.15, 0.2) is 0 Å². The normalized spacial score (nSPS) is 17.8. The van der Waals surface area contributed by atoms with Crippen molar-refractivity contribution >= 4 is 34.7 Å². The molecule has 156 valence electrons. The number of halogens is 2. The van der Waals surface area contributed by atoms with Crippen LogP contribution in [0.4, 0.5) is 10.1 Å². The van der Waals surface area contributed by atoms with Gasteiger partial charge in [-0.15, -0.1) is 0 Å². The average molecular weight is 438 g/mol. The largest absolute Gasteiger partial charge is 0.507 e. The summed E-state index contributed by atoms with van der Waals surface area (Å²) in [6, 6.07) is 17.3. The van der Waals surface area contributed by atoms with Crippen LogP contribution < -0.4 is 9.64 Å². The number of benzene rings is 3. The lowest BCUT2D eigenvalue weighted by Crippen LogP contribution is -2.29. The van der Waals surface area contributed by atoms with Crippen molar-refractivity contribution in [1.82, 2.24) is 0 Å². The Kier molecular flexibility index (Phi) is 5.48. The van der Waals surface area contributed by atoms with E-state index in [0.29, 0.717) is 16.5 Å². The summed E-state index contributed by atoms with van der Waals surface area (Å²) in [5.74, 6) is -2.34. The Morgan fingerprint density at radius 3 is 2.42 bits per heavy atom. The third kappa shape index (κ3) is 3.66. The van der Waals surface area contributed by atoms with Crippen LogP contribution in [0.2, 0.25) is 5.02 Å². The highest BCUT2D eigenvalue weighted by atomic mass is 35.5. The fraction of sp³-hybridized carbons (Fsp3) is 0.0833. The lowest BCUT2D eigenvalue weighted by atomic mass is 9.94. The third-order valence-corrected chi connectivity index (χ3v) is 5.35. The van der Waals surface area contributed by atoms with Crippen molar-refractivity contribution in [2.24, 2.45) is 0 Å². The molecule has 1 aliphatic heterocycles. The van der Waals surface area contributed by atoms with E-state index in [1.165, 1.54) is 42.3 Å². The first-order valence-electron chi connectivity index (χ1n) is 9.38. The maximum atomic E-state index is 14.8. The lowest BCUT2D eigenvalue weighted by molar-refractivity contribution is -0.132. The molecule has 1 amide bonds. The predicted molar refractivity (Wildman–Crippen MR) is 116 cm³/mol. The Labute approximate surface area is 182 Å². The highest BCUT2D eigenvalue weighted by Crippen LogP contribution is 2.43. The van der Waals surface area contributed by atoms with Crippen LogP contribution in [-0.2, 0) is 9.59 Å². The Morgan fingerprint density at radius 2 is 1.74 bits per heavy atom. The smallest absolute Gasteiger partial charge is 0.300 e. The quantitative estimate of drug-likeness (QED) is 0.350. The molecule has 0 aromatic heterocycles. The van der Waals surface area contributed by atoms with Gasteiger partial charge in [-0.1, -0.05) is 35.9 Å². The molecule has 0 saturated carbocycles. The Bertz CT molecular complexity index is 1210. The van der Waals surface area contributed by atoms with E-state index < -0.39 is 29.3 Å². The van der Waals surface area contributed by atoms with Gasteiger partial charge < -0.3 is 9.84 Å². The van der Waals surface area contributed by atoms with Crippen molar-refractivity contribution in [3.05, 3.63) is 100 Å². The summed E-state index contributed by atoms with van der Waals surface area (Å²) in [6.45, 7) is 0. The summed E-state index contributed by atoms with van der Waals surface area (Å²) >= 11 is 5.92. The van der Waals surface area contributed by atoms with E-state index in [2.05, 4.69) is 0 Å². The molecule has 0 aliphatic carbocycles. The molecule has 1 unspecified atom stereocenters. The average Bonchev–Trinajstić information content (AvgIpc) is 3.04. The van der Waals surface area contributed by atoms with Gasteiger partial charge in [0.25, 0.3) is 11.7 Å². The molecule has 5 nitrogen and oxygen atoms in total. The van der Waals surface area contributed by atoms with Gasteiger partial charge in [-0.05, 0) is 42.5 Å². The highest BCUT2D eigenvalue weighted by molar-refractivity contribution is 6.51. The van der Waals surface area contributed by atoms with Crippen LogP contribution >= 0.6 is 11.6 Å². The molecule has 0 radical (unpaired) electrons. The molecule has 1 saturated heterocycles. The number of amides is 1. The van der Waals surface area contributed by atoms with E-state index >= 15 is 0 Å². The van der Waals surface area contributed by atoms with Gasteiger partial charge in [0, 0.05) is 27.9 Å². The number of anilines is 1. The van der Waals surface area contributed by atoms with Gasteiger partial charge in [-0.25, -0.2) is 4.39 Å². The summed E-state index contributed by atoms with van der Waals surface area (Å²) in [5, 5.41) is 11.4. The number of ketones is 1. The van der Waals surface area contributed by atoms with E-state index in [0.717, 1.165) is 0 Å². The van der Waals surface area contributed by atoms with Crippen molar-refractivity contribution in [2.45, 2.75) is 6.04 Å². The maximum Gasteiger partial charge on any atom is 0.300 e. The van der Waals surface area contributed by atoms with Crippen LogP contribution in [0, 0.1) is 5.82 Å². The molecule has 4 rings (SSSR count). The number of carbonyl (C=O) groups excluding carboxylic acids is 2. The predicted octanol–water partition coefficient (Wildman–Crippen LogP) is 5.11. The minimum atomic E-state index is -1.16. The zero-order chi connectivity index (χ0) is 22.1. The fourth-order valence-electron chi connectivity index (χ4n) is 3.61. The number of rotatable bonds is 4. The molecule has 7 heteroatoms. The second kappa shape index (κ2) is 8.24. The van der Waals surface area contributed by atoms with Crippen molar-refractivity contribution < 1.29 is 23.8 Å². The molecule has 0 bridgehead atoms. The number of carbonyl (C=O) groups is 2. The van der Waals surface area contributed by atoms with Crippen LogP contribution in [-0.4, -0.2) is 23.9 Å². The highest BCUT2D eigenvalue weighted by Gasteiger charge is 2.47. The van der Waals surface area contributed by atoms with Gasteiger partial charge in [0.05, 0.1) is 18.7 Å². The maximum absolute atomic E-state index is 14.8. The molecule has 1 aliphatic rings. The first-order valence-corrected chi connectivity index (χ1v) is 9.75. The standard InChI is InChI=1S/C24H17ClFNO4/c1-31-17-6-4-5-16(13-17)27-21(18-7-2-3-8-19(18)26)20(23(29)24(27)30)22(28)14-9-11-15(25)12-10-14/h2-13,21,28H,1H3/b22-20+.